The Hall–Kier alpha value is -1.79. The topological polar surface area (TPSA) is 78.7 Å². The van der Waals surface area contributed by atoms with E-state index in [1.807, 2.05) is 4.90 Å². The van der Waals surface area contributed by atoms with Gasteiger partial charge in [-0.3, -0.25) is 9.59 Å². The third-order valence-corrected chi connectivity index (χ3v) is 3.83. The van der Waals surface area contributed by atoms with E-state index in [1.54, 1.807) is 37.2 Å². The first-order valence-corrected chi connectivity index (χ1v) is 7.08. The van der Waals surface area contributed by atoms with E-state index in [0.29, 0.717) is 23.8 Å². The number of likely N-dealkylation sites (N-methyl/N-ethyl adjacent to an activating group) is 1. The van der Waals surface area contributed by atoms with Crippen LogP contribution >= 0.6 is 11.6 Å². The van der Waals surface area contributed by atoms with E-state index in [-0.39, 0.29) is 17.5 Å². The molecule has 0 saturated carbocycles. The van der Waals surface area contributed by atoms with Gasteiger partial charge >= 0.3 is 0 Å². The molecule has 1 heterocycles. The van der Waals surface area contributed by atoms with Crippen LogP contribution in [0.3, 0.4) is 0 Å². The summed E-state index contributed by atoms with van der Waals surface area (Å²) in [4.78, 5) is 27.5. The molecule has 0 radical (unpaired) electrons. The fraction of sp³-hybridized carbons (Fsp3) is 0.429. The summed E-state index contributed by atoms with van der Waals surface area (Å²) in [6.07, 6.45) is 0. The van der Waals surface area contributed by atoms with Crippen LogP contribution in [0, 0.1) is 0 Å². The summed E-state index contributed by atoms with van der Waals surface area (Å²) in [7, 11) is 3.42. The number of carbonyl (C=O) groups is 2. The van der Waals surface area contributed by atoms with Crippen LogP contribution in [0.1, 0.15) is 10.4 Å². The Morgan fingerprint density at radius 3 is 2.76 bits per heavy atom. The number of primary amides is 1. The molecule has 6 nitrogen and oxygen atoms in total. The molecule has 0 bridgehead atoms. The summed E-state index contributed by atoms with van der Waals surface area (Å²) in [5, 5.41) is 3.50. The van der Waals surface area contributed by atoms with Crippen molar-refractivity contribution in [3.63, 3.8) is 0 Å². The predicted octanol–water partition coefficient (Wildman–Crippen LogP) is 0.305. The fourth-order valence-corrected chi connectivity index (χ4v) is 2.77. The van der Waals surface area contributed by atoms with Crippen molar-refractivity contribution >= 4 is 29.1 Å². The van der Waals surface area contributed by atoms with Crippen molar-refractivity contribution in [3.05, 3.63) is 28.8 Å². The van der Waals surface area contributed by atoms with Crippen molar-refractivity contribution in [2.45, 2.75) is 6.04 Å². The maximum Gasteiger partial charge on any atom is 0.252 e. The van der Waals surface area contributed by atoms with E-state index in [0.717, 1.165) is 6.54 Å². The quantitative estimate of drug-likeness (QED) is 0.842. The number of nitrogens with two attached hydrogens (primary N) is 1. The van der Waals surface area contributed by atoms with E-state index in [4.69, 9.17) is 17.3 Å². The molecule has 2 amide bonds. The molecule has 0 spiro atoms. The van der Waals surface area contributed by atoms with Crippen LogP contribution in [0.5, 0.6) is 0 Å². The second-order valence-electron chi connectivity index (χ2n) is 5.14. The molecule has 3 N–H and O–H groups in total. The Labute approximate surface area is 128 Å². The Balaban J connectivity index is 2.45. The third kappa shape index (κ3) is 3.11. The Kier molecular flexibility index (Phi) is 4.69. The van der Waals surface area contributed by atoms with Gasteiger partial charge in [0.25, 0.3) is 5.91 Å². The Bertz CT molecular complexity index is 562. The summed E-state index contributed by atoms with van der Waals surface area (Å²) < 4.78 is 0. The Morgan fingerprint density at radius 1 is 1.43 bits per heavy atom. The highest BCUT2D eigenvalue weighted by atomic mass is 35.5. The molecule has 21 heavy (non-hydrogen) atoms. The minimum Gasteiger partial charge on any atom is -0.365 e. The van der Waals surface area contributed by atoms with Gasteiger partial charge in [0, 0.05) is 33.7 Å². The lowest BCUT2D eigenvalue weighted by atomic mass is 10.1. The van der Waals surface area contributed by atoms with Gasteiger partial charge in [-0.25, -0.2) is 0 Å². The third-order valence-electron chi connectivity index (χ3n) is 3.52. The lowest BCUT2D eigenvalue weighted by molar-refractivity contribution is -0.130. The highest BCUT2D eigenvalue weighted by Crippen LogP contribution is 2.29. The number of nitrogens with one attached hydrogen (secondary N) is 1. The maximum atomic E-state index is 12.3. The van der Waals surface area contributed by atoms with Crippen LogP contribution in [0.25, 0.3) is 0 Å². The molecule has 1 unspecified atom stereocenters. The zero-order valence-electron chi connectivity index (χ0n) is 12.1. The number of halogens is 1. The summed E-state index contributed by atoms with van der Waals surface area (Å²) in [5.74, 6) is -0.622. The van der Waals surface area contributed by atoms with E-state index in [9.17, 15) is 9.59 Å². The molecule has 114 valence electrons. The summed E-state index contributed by atoms with van der Waals surface area (Å²) >= 11 is 6.09. The number of hydrogen-bond donors (Lipinski definition) is 2. The van der Waals surface area contributed by atoms with E-state index in [1.165, 1.54) is 0 Å². The average Bonchev–Trinajstić information content (AvgIpc) is 2.45. The van der Waals surface area contributed by atoms with Gasteiger partial charge in [0.1, 0.15) is 6.04 Å². The lowest BCUT2D eigenvalue weighted by Gasteiger charge is -2.38. The van der Waals surface area contributed by atoms with Crippen LogP contribution in [0.2, 0.25) is 5.02 Å². The first-order chi connectivity index (χ1) is 9.93. The normalized spacial score (nSPS) is 18.4. The molecule has 0 aliphatic carbocycles. The molecular formula is C14H19ClN4O2. The number of piperazine rings is 1. The number of rotatable bonds is 3. The minimum atomic E-state index is -0.592. The first kappa shape index (κ1) is 15.6. The van der Waals surface area contributed by atoms with Crippen molar-refractivity contribution in [2.75, 3.05) is 38.6 Å². The zero-order valence-corrected chi connectivity index (χ0v) is 12.9. The van der Waals surface area contributed by atoms with Crippen LogP contribution in [0.15, 0.2) is 18.2 Å². The molecule has 1 aliphatic heterocycles. The summed E-state index contributed by atoms with van der Waals surface area (Å²) in [6, 6.07) is 4.76. The number of anilines is 1. The smallest absolute Gasteiger partial charge is 0.252 e. The van der Waals surface area contributed by atoms with Gasteiger partial charge in [0.05, 0.1) is 16.3 Å². The second kappa shape index (κ2) is 6.32. The van der Waals surface area contributed by atoms with E-state index >= 15 is 0 Å². The van der Waals surface area contributed by atoms with Crippen molar-refractivity contribution in [1.82, 2.24) is 10.2 Å². The minimum absolute atomic E-state index is 0.0300. The monoisotopic (exact) mass is 310 g/mol. The molecule has 1 saturated heterocycles. The molecule has 0 aromatic heterocycles. The number of amides is 2. The van der Waals surface area contributed by atoms with Crippen molar-refractivity contribution < 1.29 is 9.59 Å². The van der Waals surface area contributed by atoms with Crippen molar-refractivity contribution in [1.29, 1.82) is 0 Å². The predicted molar refractivity (Wildman–Crippen MR) is 82.7 cm³/mol. The van der Waals surface area contributed by atoms with Gasteiger partial charge in [0.15, 0.2) is 0 Å². The van der Waals surface area contributed by atoms with Crippen molar-refractivity contribution in [3.8, 4) is 0 Å². The average molecular weight is 311 g/mol. The number of hydrogen-bond acceptors (Lipinski definition) is 4. The van der Waals surface area contributed by atoms with Gasteiger partial charge in [0.2, 0.25) is 5.91 Å². The molecule has 1 atom stereocenters. The van der Waals surface area contributed by atoms with Crippen LogP contribution in [0.4, 0.5) is 5.69 Å². The van der Waals surface area contributed by atoms with Gasteiger partial charge < -0.3 is 20.9 Å². The molecule has 2 rings (SSSR count). The molecule has 1 aliphatic rings. The lowest BCUT2D eigenvalue weighted by Crippen LogP contribution is -2.58. The molecule has 1 fully saturated rings. The van der Waals surface area contributed by atoms with E-state index < -0.39 is 5.91 Å². The van der Waals surface area contributed by atoms with Gasteiger partial charge in [-0.05, 0) is 12.1 Å². The van der Waals surface area contributed by atoms with E-state index in [2.05, 4.69) is 5.32 Å². The number of carbonyl (C=O) groups excluding carboxylic acids is 2. The molecule has 1 aromatic carbocycles. The highest BCUT2D eigenvalue weighted by molar-refractivity contribution is 6.34. The van der Waals surface area contributed by atoms with Gasteiger partial charge in [-0.2, -0.15) is 0 Å². The summed E-state index contributed by atoms with van der Waals surface area (Å²) in [5.41, 5.74) is 6.31. The maximum absolute atomic E-state index is 12.3. The number of benzene rings is 1. The fourth-order valence-electron chi connectivity index (χ4n) is 2.51. The Morgan fingerprint density at radius 2 is 2.14 bits per heavy atom. The standard InChI is InChI=1S/C14H19ClN4O2/c1-18(2)14(21)11-8-17-6-7-19(11)10-5-3-4-9(15)12(10)13(16)20/h3-5,11,17H,6-8H2,1-2H3,(H2,16,20). The molecule has 7 heteroatoms. The van der Waals surface area contributed by atoms with Crippen LogP contribution in [-0.4, -0.2) is 56.5 Å². The second-order valence-corrected chi connectivity index (χ2v) is 5.55. The van der Waals surface area contributed by atoms with Crippen LogP contribution in [-0.2, 0) is 4.79 Å². The SMILES string of the molecule is CN(C)C(=O)C1CNCCN1c1cccc(Cl)c1C(N)=O. The van der Waals surface area contributed by atoms with Gasteiger partial charge in [-0.15, -0.1) is 0 Å². The zero-order chi connectivity index (χ0) is 15.6. The van der Waals surface area contributed by atoms with Crippen molar-refractivity contribution in [2.24, 2.45) is 5.73 Å². The largest absolute Gasteiger partial charge is 0.365 e. The van der Waals surface area contributed by atoms with Gasteiger partial charge in [-0.1, -0.05) is 17.7 Å². The first-order valence-electron chi connectivity index (χ1n) is 6.70. The van der Waals surface area contributed by atoms with Crippen LogP contribution < -0.4 is 16.0 Å². The number of nitrogens with zero attached hydrogens (tertiary/aromatic N) is 2. The molecular weight excluding hydrogens is 292 g/mol. The highest BCUT2D eigenvalue weighted by Gasteiger charge is 2.32. The summed E-state index contributed by atoms with van der Waals surface area (Å²) in [6.45, 7) is 1.84. The molecule has 1 aromatic rings.